The number of hydrogen-bond donors (Lipinski definition) is 0. The Morgan fingerprint density at radius 2 is 2.07 bits per heavy atom. The molecule has 1 unspecified atom stereocenters. The van der Waals surface area contributed by atoms with Gasteiger partial charge in [0.15, 0.2) is 0 Å². The van der Waals surface area contributed by atoms with Crippen LogP contribution >= 0.6 is 0 Å². The Kier molecular flexibility index (Phi) is 3.72. The summed E-state index contributed by atoms with van der Waals surface area (Å²) in [7, 11) is 0.874. The van der Waals surface area contributed by atoms with Crippen molar-refractivity contribution >= 4 is 14.2 Å². The van der Waals surface area contributed by atoms with Gasteiger partial charge in [-0.05, 0) is 19.9 Å². The first kappa shape index (κ1) is 11.7. The molecule has 0 saturated carbocycles. The molecule has 3 nitrogen and oxygen atoms in total. The summed E-state index contributed by atoms with van der Waals surface area (Å²) in [5, 5.41) is 0. The van der Waals surface area contributed by atoms with E-state index in [0.29, 0.717) is 19.1 Å². The van der Waals surface area contributed by atoms with Crippen LogP contribution in [0, 0.1) is 0 Å². The number of carbonyl (C=O) groups excluding carboxylic acids is 1. The Morgan fingerprint density at radius 1 is 1.43 bits per heavy atom. The average Bonchev–Trinajstić information content (AvgIpc) is 2.26. The van der Waals surface area contributed by atoms with Gasteiger partial charge < -0.3 is 9.30 Å². The highest BCUT2D eigenvalue weighted by molar-refractivity contribution is 6.73. The third-order valence-corrected chi connectivity index (χ3v) is 5.43. The number of rotatable bonds is 2. The van der Waals surface area contributed by atoms with Crippen LogP contribution in [0.5, 0.6) is 0 Å². The van der Waals surface area contributed by atoms with E-state index in [9.17, 15) is 4.79 Å². The number of cyclic esters (lactones) is 1. The monoisotopic (exact) mass is 215 g/mol. The van der Waals surface area contributed by atoms with Crippen LogP contribution in [0.4, 0.5) is 0 Å². The SMILES string of the molecule is CN(C1CCCOC(=O)C1)[Si](C)(C)C. The third-order valence-electron chi connectivity index (χ3n) is 2.95. The number of hydrogen-bond acceptors (Lipinski definition) is 3. The fourth-order valence-electron chi connectivity index (χ4n) is 1.74. The zero-order chi connectivity index (χ0) is 10.8. The zero-order valence-corrected chi connectivity index (χ0v) is 10.7. The summed E-state index contributed by atoms with van der Waals surface area (Å²) < 4.78 is 7.46. The maximum Gasteiger partial charge on any atom is 0.307 e. The summed E-state index contributed by atoms with van der Waals surface area (Å²) in [6.45, 7) is 7.53. The molecule has 0 N–H and O–H groups in total. The van der Waals surface area contributed by atoms with Crippen LogP contribution in [-0.4, -0.2) is 38.5 Å². The van der Waals surface area contributed by atoms with Crippen molar-refractivity contribution in [3.05, 3.63) is 0 Å². The Labute approximate surface area is 87.5 Å². The average molecular weight is 215 g/mol. The summed E-state index contributed by atoms with van der Waals surface area (Å²) in [5.74, 6) is -0.0300. The van der Waals surface area contributed by atoms with Crippen molar-refractivity contribution in [2.45, 2.75) is 44.9 Å². The largest absolute Gasteiger partial charge is 0.466 e. The van der Waals surface area contributed by atoms with Gasteiger partial charge in [-0.3, -0.25) is 4.79 Å². The molecule has 14 heavy (non-hydrogen) atoms. The lowest BCUT2D eigenvalue weighted by atomic mass is 10.1. The van der Waals surface area contributed by atoms with Crippen molar-refractivity contribution in [2.24, 2.45) is 0 Å². The molecule has 1 saturated heterocycles. The van der Waals surface area contributed by atoms with Gasteiger partial charge in [-0.1, -0.05) is 19.6 Å². The molecule has 82 valence electrons. The van der Waals surface area contributed by atoms with E-state index in [2.05, 4.69) is 31.3 Å². The second-order valence-electron chi connectivity index (χ2n) is 5.00. The lowest BCUT2D eigenvalue weighted by molar-refractivity contribution is -0.143. The fourth-order valence-corrected chi connectivity index (χ4v) is 3.05. The predicted octanol–water partition coefficient (Wildman–Crippen LogP) is 1.85. The highest BCUT2D eigenvalue weighted by atomic mass is 28.3. The van der Waals surface area contributed by atoms with Crippen molar-refractivity contribution in [3.8, 4) is 0 Å². The number of nitrogens with zero attached hydrogens (tertiary/aromatic N) is 1. The quantitative estimate of drug-likeness (QED) is 0.520. The van der Waals surface area contributed by atoms with Crippen molar-refractivity contribution in [3.63, 3.8) is 0 Å². The van der Waals surface area contributed by atoms with Gasteiger partial charge >= 0.3 is 5.97 Å². The normalized spacial score (nSPS) is 24.6. The zero-order valence-electron chi connectivity index (χ0n) is 9.67. The third kappa shape index (κ3) is 3.10. The highest BCUT2D eigenvalue weighted by Gasteiger charge is 2.30. The summed E-state index contributed by atoms with van der Waals surface area (Å²) in [4.78, 5) is 11.3. The molecule has 0 amide bonds. The molecule has 1 atom stereocenters. The minimum atomic E-state index is -1.27. The molecular formula is C10H21NO2Si. The van der Waals surface area contributed by atoms with Gasteiger partial charge in [-0.15, -0.1) is 0 Å². The van der Waals surface area contributed by atoms with E-state index < -0.39 is 8.24 Å². The Morgan fingerprint density at radius 3 is 2.64 bits per heavy atom. The van der Waals surface area contributed by atoms with Crippen LogP contribution in [0.1, 0.15) is 19.3 Å². The lowest BCUT2D eigenvalue weighted by Crippen LogP contribution is -2.49. The van der Waals surface area contributed by atoms with E-state index in [0.717, 1.165) is 12.8 Å². The van der Waals surface area contributed by atoms with Gasteiger partial charge in [0.25, 0.3) is 0 Å². The second kappa shape index (κ2) is 4.44. The van der Waals surface area contributed by atoms with Gasteiger partial charge in [0.2, 0.25) is 0 Å². The molecule has 4 heteroatoms. The van der Waals surface area contributed by atoms with Crippen LogP contribution in [0.2, 0.25) is 19.6 Å². The van der Waals surface area contributed by atoms with E-state index >= 15 is 0 Å². The molecule has 0 aromatic rings. The number of ether oxygens (including phenoxy) is 1. The van der Waals surface area contributed by atoms with Crippen LogP contribution in [-0.2, 0) is 9.53 Å². The summed E-state index contributed by atoms with van der Waals surface area (Å²) in [6.07, 6.45) is 2.67. The number of esters is 1. The Balaban J connectivity index is 2.61. The lowest BCUT2D eigenvalue weighted by Gasteiger charge is -2.36. The smallest absolute Gasteiger partial charge is 0.307 e. The predicted molar refractivity (Wildman–Crippen MR) is 59.7 cm³/mol. The summed E-state index contributed by atoms with van der Waals surface area (Å²) >= 11 is 0. The van der Waals surface area contributed by atoms with Gasteiger partial charge in [-0.25, -0.2) is 0 Å². The maximum absolute atomic E-state index is 11.3. The van der Waals surface area contributed by atoms with Crippen LogP contribution in [0.3, 0.4) is 0 Å². The van der Waals surface area contributed by atoms with Gasteiger partial charge in [0, 0.05) is 6.04 Å². The molecule has 0 aliphatic carbocycles. The van der Waals surface area contributed by atoms with Crippen LogP contribution in [0.25, 0.3) is 0 Å². The fraction of sp³-hybridized carbons (Fsp3) is 0.900. The van der Waals surface area contributed by atoms with E-state index in [4.69, 9.17) is 4.74 Å². The first-order valence-corrected chi connectivity index (χ1v) is 8.74. The van der Waals surface area contributed by atoms with Crippen molar-refractivity contribution in [1.82, 2.24) is 4.57 Å². The van der Waals surface area contributed by atoms with E-state index in [1.807, 2.05) is 0 Å². The number of carbonyl (C=O) groups is 1. The molecule has 1 aliphatic rings. The Bertz CT molecular complexity index is 213. The summed E-state index contributed by atoms with van der Waals surface area (Å²) in [5.41, 5.74) is 0. The molecule has 1 rings (SSSR count). The van der Waals surface area contributed by atoms with Crippen molar-refractivity contribution < 1.29 is 9.53 Å². The molecule has 1 fully saturated rings. The van der Waals surface area contributed by atoms with Gasteiger partial charge in [0.1, 0.15) is 8.24 Å². The highest BCUT2D eigenvalue weighted by Crippen LogP contribution is 2.20. The van der Waals surface area contributed by atoms with Crippen molar-refractivity contribution in [2.75, 3.05) is 13.7 Å². The topological polar surface area (TPSA) is 29.5 Å². The maximum atomic E-state index is 11.3. The summed E-state index contributed by atoms with van der Waals surface area (Å²) in [6, 6.07) is 0.400. The standard InChI is InChI=1S/C10H21NO2Si/c1-11(14(2,3)4)9-6-5-7-13-10(12)8-9/h9H,5-8H2,1-4H3. The first-order chi connectivity index (χ1) is 6.41. The molecule has 1 heterocycles. The molecule has 0 aromatic carbocycles. The second-order valence-corrected chi connectivity index (χ2v) is 10.0. The van der Waals surface area contributed by atoms with Crippen LogP contribution in [0.15, 0.2) is 0 Å². The molecule has 1 aliphatic heterocycles. The minimum Gasteiger partial charge on any atom is -0.466 e. The van der Waals surface area contributed by atoms with Crippen LogP contribution < -0.4 is 0 Å². The minimum absolute atomic E-state index is 0.0300. The van der Waals surface area contributed by atoms with Gasteiger partial charge in [0.05, 0.1) is 13.0 Å². The molecule has 0 spiro atoms. The van der Waals surface area contributed by atoms with Gasteiger partial charge in [-0.2, -0.15) is 0 Å². The molecular weight excluding hydrogens is 194 g/mol. The van der Waals surface area contributed by atoms with E-state index in [1.54, 1.807) is 0 Å². The Hall–Kier alpha value is -0.353. The van der Waals surface area contributed by atoms with E-state index in [1.165, 1.54) is 0 Å². The molecule has 0 aromatic heterocycles. The first-order valence-electron chi connectivity index (χ1n) is 5.30. The van der Waals surface area contributed by atoms with E-state index in [-0.39, 0.29) is 5.97 Å². The molecule has 0 radical (unpaired) electrons. The van der Waals surface area contributed by atoms with Crippen molar-refractivity contribution in [1.29, 1.82) is 0 Å². The molecule has 0 bridgehead atoms.